The van der Waals surface area contributed by atoms with Crippen LogP contribution in [0.5, 0.6) is 0 Å². The Morgan fingerprint density at radius 1 is 1.53 bits per heavy atom. The van der Waals surface area contributed by atoms with Gasteiger partial charge in [-0.15, -0.1) is 0 Å². The van der Waals surface area contributed by atoms with E-state index in [-0.39, 0.29) is 5.78 Å². The first-order valence-corrected chi connectivity index (χ1v) is 6.76. The Kier molecular flexibility index (Phi) is 5.12. The summed E-state index contributed by atoms with van der Waals surface area (Å²) in [5.41, 5.74) is 6.13. The molecule has 4 heteroatoms. The fourth-order valence-electron chi connectivity index (χ4n) is 2.41. The fraction of sp³-hybridized carbons (Fsp3) is 0.467. The number of carbonyl (C=O) groups excluding carboxylic acids is 1. The number of carbonyl (C=O) groups is 1. The second kappa shape index (κ2) is 6.20. The molecule has 0 unspecified atom stereocenters. The second-order valence-corrected chi connectivity index (χ2v) is 6.04. The van der Waals surface area contributed by atoms with Crippen molar-refractivity contribution in [3.63, 3.8) is 0 Å². The summed E-state index contributed by atoms with van der Waals surface area (Å²) in [6.07, 6.45) is 2.48. The molecule has 0 radical (unpaired) electrons. The zero-order chi connectivity index (χ0) is 14.6. The number of halogens is 1. The van der Waals surface area contributed by atoms with Gasteiger partial charge in [0.05, 0.1) is 10.7 Å². The summed E-state index contributed by atoms with van der Waals surface area (Å²) in [7, 11) is 0. The topological polar surface area (TPSA) is 66.9 Å². The van der Waals surface area contributed by atoms with Crippen LogP contribution in [0.25, 0.3) is 0 Å². The lowest BCUT2D eigenvalue weighted by atomic mass is 9.74. The van der Waals surface area contributed by atoms with E-state index >= 15 is 0 Å². The summed E-state index contributed by atoms with van der Waals surface area (Å²) in [6.45, 7) is 6.06. The first kappa shape index (κ1) is 15.7. The number of Topliss-reactive ketones (excluding diaryl/α,β-unsaturated/α-hetero) is 1. The number of nitrogens with two attached hydrogens (primary N) is 1. The van der Waals surface area contributed by atoms with Crippen molar-refractivity contribution >= 4 is 29.3 Å². The molecular weight excluding hydrogens is 260 g/mol. The lowest BCUT2D eigenvalue weighted by Crippen LogP contribution is -2.30. The Morgan fingerprint density at radius 3 is 2.63 bits per heavy atom. The van der Waals surface area contributed by atoms with Crippen LogP contribution in [-0.4, -0.2) is 12.0 Å². The first-order chi connectivity index (χ1) is 8.80. The van der Waals surface area contributed by atoms with E-state index in [1.165, 1.54) is 6.21 Å². The predicted molar refractivity (Wildman–Crippen MR) is 81.2 cm³/mol. The van der Waals surface area contributed by atoms with E-state index in [1.807, 2.05) is 6.92 Å². The maximum Gasteiger partial charge on any atom is 0.169 e. The van der Waals surface area contributed by atoms with Gasteiger partial charge in [-0.25, -0.2) is 0 Å². The number of rotatable bonds is 6. The summed E-state index contributed by atoms with van der Waals surface area (Å²) < 4.78 is 0. The minimum Gasteiger partial charge on any atom is -0.398 e. The van der Waals surface area contributed by atoms with Crippen molar-refractivity contribution in [2.24, 2.45) is 11.3 Å². The number of nitrogens with one attached hydrogen (secondary N) is 1. The van der Waals surface area contributed by atoms with Crippen LogP contribution >= 0.6 is 11.6 Å². The number of anilines is 1. The van der Waals surface area contributed by atoms with E-state index < -0.39 is 5.41 Å². The first-order valence-electron chi connectivity index (χ1n) is 6.39. The zero-order valence-electron chi connectivity index (χ0n) is 11.7. The molecule has 1 aromatic rings. The summed E-state index contributed by atoms with van der Waals surface area (Å²) >= 11 is 5.97. The van der Waals surface area contributed by atoms with Gasteiger partial charge < -0.3 is 11.1 Å². The van der Waals surface area contributed by atoms with Gasteiger partial charge in [-0.3, -0.25) is 4.79 Å². The highest BCUT2D eigenvalue weighted by molar-refractivity contribution is 6.33. The second-order valence-electron chi connectivity index (χ2n) is 5.63. The summed E-state index contributed by atoms with van der Waals surface area (Å²) in [5, 5.41) is 7.71. The molecule has 0 saturated carbocycles. The standard InChI is InChI=1S/C15H21ClN2O/c1-10(2)9-15(3,6-7-17)14(19)11-4-5-13(18)12(16)8-11/h4-5,7-8,10,17H,6,9,18H2,1-3H3/t15-/m1/s1. The van der Waals surface area contributed by atoms with Crippen molar-refractivity contribution in [3.8, 4) is 0 Å². The van der Waals surface area contributed by atoms with Gasteiger partial charge in [0.15, 0.2) is 5.78 Å². The third kappa shape index (κ3) is 3.80. The Morgan fingerprint density at radius 2 is 2.16 bits per heavy atom. The van der Waals surface area contributed by atoms with E-state index in [9.17, 15) is 4.79 Å². The van der Waals surface area contributed by atoms with Gasteiger partial charge in [0.1, 0.15) is 0 Å². The molecule has 0 saturated heterocycles. The molecule has 1 atom stereocenters. The maximum absolute atomic E-state index is 12.7. The van der Waals surface area contributed by atoms with Crippen LogP contribution < -0.4 is 5.73 Å². The summed E-state index contributed by atoms with van der Waals surface area (Å²) in [4.78, 5) is 12.7. The van der Waals surface area contributed by atoms with Crippen LogP contribution in [0.4, 0.5) is 5.69 Å². The van der Waals surface area contributed by atoms with E-state index in [0.29, 0.717) is 28.6 Å². The number of hydrogen-bond acceptors (Lipinski definition) is 3. The van der Waals surface area contributed by atoms with Gasteiger partial charge in [0, 0.05) is 11.0 Å². The van der Waals surface area contributed by atoms with E-state index in [2.05, 4.69) is 13.8 Å². The van der Waals surface area contributed by atoms with E-state index in [4.69, 9.17) is 22.7 Å². The zero-order valence-corrected chi connectivity index (χ0v) is 12.4. The van der Waals surface area contributed by atoms with Crippen molar-refractivity contribution in [2.75, 3.05) is 5.73 Å². The van der Waals surface area contributed by atoms with Gasteiger partial charge in [-0.1, -0.05) is 32.4 Å². The molecule has 1 aromatic carbocycles. The highest BCUT2D eigenvalue weighted by atomic mass is 35.5. The van der Waals surface area contributed by atoms with E-state index in [0.717, 1.165) is 6.42 Å². The summed E-state index contributed by atoms with van der Waals surface area (Å²) in [5.74, 6) is 0.407. The van der Waals surface area contributed by atoms with Crippen molar-refractivity contribution in [1.29, 1.82) is 5.41 Å². The monoisotopic (exact) mass is 280 g/mol. The molecule has 0 fully saturated rings. The molecular formula is C15H21ClN2O. The Balaban J connectivity index is 3.11. The Bertz CT molecular complexity index is 485. The molecule has 0 heterocycles. The molecule has 3 nitrogen and oxygen atoms in total. The maximum atomic E-state index is 12.7. The predicted octanol–water partition coefficient (Wildman–Crippen LogP) is 4.20. The quantitative estimate of drug-likeness (QED) is 0.466. The Hall–Kier alpha value is -1.35. The molecule has 0 aromatic heterocycles. The molecule has 104 valence electrons. The molecule has 1 rings (SSSR count). The van der Waals surface area contributed by atoms with Crippen molar-refractivity contribution in [2.45, 2.75) is 33.6 Å². The average Bonchev–Trinajstić information content (AvgIpc) is 2.31. The number of hydrogen-bond donors (Lipinski definition) is 2. The third-order valence-corrected chi connectivity index (χ3v) is 3.55. The van der Waals surface area contributed by atoms with Crippen LogP contribution in [0.2, 0.25) is 5.02 Å². The van der Waals surface area contributed by atoms with E-state index in [1.54, 1.807) is 18.2 Å². The highest BCUT2D eigenvalue weighted by Gasteiger charge is 2.33. The molecule has 0 bridgehead atoms. The normalized spacial score (nSPS) is 14.2. The smallest absolute Gasteiger partial charge is 0.169 e. The SMILES string of the molecule is CC(C)C[C@@](C)(CC=N)C(=O)c1ccc(N)c(Cl)c1. The number of benzene rings is 1. The van der Waals surface area contributed by atoms with Crippen LogP contribution in [0.3, 0.4) is 0 Å². The average molecular weight is 281 g/mol. The molecule has 0 amide bonds. The van der Waals surface area contributed by atoms with Gasteiger partial charge in [0.2, 0.25) is 0 Å². The fourth-order valence-corrected chi connectivity index (χ4v) is 2.59. The summed E-state index contributed by atoms with van der Waals surface area (Å²) in [6, 6.07) is 4.96. The van der Waals surface area contributed by atoms with Crippen LogP contribution in [0, 0.1) is 16.7 Å². The van der Waals surface area contributed by atoms with Crippen molar-refractivity contribution < 1.29 is 4.79 Å². The third-order valence-electron chi connectivity index (χ3n) is 3.22. The molecule has 3 N–H and O–H groups in total. The molecule has 0 aliphatic rings. The Labute approximate surface area is 119 Å². The van der Waals surface area contributed by atoms with Gasteiger partial charge in [-0.2, -0.15) is 0 Å². The van der Waals surface area contributed by atoms with Gasteiger partial charge in [0.25, 0.3) is 0 Å². The van der Waals surface area contributed by atoms with Crippen LogP contribution in [0.15, 0.2) is 18.2 Å². The molecule has 0 aliphatic carbocycles. The molecule has 0 spiro atoms. The lowest BCUT2D eigenvalue weighted by molar-refractivity contribution is 0.0792. The van der Waals surface area contributed by atoms with Crippen LogP contribution in [0.1, 0.15) is 44.0 Å². The highest BCUT2D eigenvalue weighted by Crippen LogP contribution is 2.34. The number of nitrogen functional groups attached to an aromatic ring is 1. The lowest BCUT2D eigenvalue weighted by Gasteiger charge is -2.28. The molecule has 19 heavy (non-hydrogen) atoms. The van der Waals surface area contributed by atoms with Crippen LogP contribution in [-0.2, 0) is 0 Å². The minimum absolute atomic E-state index is 0.0200. The van der Waals surface area contributed by atoms with Crippen molar-refractivity contribution in [3.05, 3.63) is 28.8 Å². The molecule has 0 aliphatic heterocycles. The minimum atomic E-state index is -0.560. The van der Waals surface area contributed by atoms with Crippen molar-refractivity contribution in [1.82, 2.24) is 0 Å². The number of ketones is 1. The van der Waals surface area contributed by atoms with Gasteiger partial charge >= 0.3 is 0 Å². The largest absolute Gasteiger partial charge is 0.398 e. The van der Waals surface area contributed by atoms with Gasteiger partial charge in [-0.05, 0) is 43.2 Å².